The molecule has 0 aliphatic carbocycles. The van der Waals surface area contributed by atoms with Gasteiger partial charge in [0.25, 0.3) is 5.69 Å². The van der Waals surface area contributed by atoms with Gasteiger partial charge in [-0.25, -0.2) is 9.78 Å². The molecule has 1 aromatic heterocycles. The van der Waals surface area contributed by atoms with Gasteiger partial charge in [0.05, 0.1) is 10.5 Å². The van der Waals surface area contributed by atoms with E-state index in [1.54, 1.807) is 0 Å². The van der Waals surface area contributed by atoms with Crippen LogP contribution in [0, 0.1) is 10.1 Å². The number of aromatic nitrogens is 2. The maximum absolute atomic E-state index is 11.2. The number of hydrogen-bond acceptors (Lipinski definition) is 4. The van der Waals surface area contributed by atoms with Crippen LogP contribution < -0.4 is 0 Å². The minimum absolute atomic E-state index is 0.0364. The lowest BCUT2D eigenvalue weighted by molar-refractivity contribution is -0.384. The van der Waals surface area contributed by atoms with Gasteiger partial charge >= 0.3 is 5.97 Å². The third-order valence-corrected chi connectivity index (χ3v) is 2.72. The number of carbonyl (C=O) groups is 1. The second kappa shape index (κ2) is 4.89. The van der Waals surface area contributed by atoms with E-state index >= 15 is 0 Å². The van der Waals surface area contributed by atoms with Crippen LogP contribution in [-0.2, 0) is 6.42 Å². The molecule has 0 unspecified atom stereocenters. The summed E-state index contributed by atoms with van der Waals surface area (Å²) in [5.41, 5.74) is -0.344. The van der Waals surface area contributed by atoms with Gasteiger partial charge in [0.15, 0.2) is 0 Å². The number of benzene rings is 1. The Labute approximate surface area is 108 Å². The lowest BCUT2D eigenvalue weighted by atomic mass is 10.1. The lowest BCUT2D eigenvalue weighted by Crippen LogP contribution is -2.10. The molecule has 98 valence electrons. The first-order chi connectivity index (χ1) is 9.06. The molecule has 0 aliphatic rings. The zero-order valence-electron chi connectivity index (χ0n) is 10.1. The fourth-order valence-corrected chi connectivity index (χ4v) is 1.90. The number of nitro groups is 1. The van der Waals surface area contributed by atoms with E-state index in [0.717, 1.165) is 0 Å². The Kier molecular flexibility index (Phi) is 3.28. The van der Waals surface area contributed by atoms with E-state index in [1.807, 2.05) is 6.92 Å². The van der Waals surface area contributed by atoms with Crippen molar-refractivity contribution in [2.24, 2.45) is 0 Å². The molecule has 1 N–H and O–H groups in total. The van der Waals surface area contributed by atoms with Gasteiger partial charge < -0.3 is 5.11 Å². The summed E-state index contributed by atoms with van der Waals surface area (Å²) in [5, 5.41) is 20.2. The van der Waals surface area contributed by atoms with Gasteiger partial charge in [-0.3, -0.25) is 14.7 Å². The van der Waals surface area contributed by atoms with Gasteiger partial charge in [-0.1, -0.05) is 13.0 Å². The van der Waals surface area contributed by atoms with Gasteiger partial charge in [-0.2, -0.15) is 0 Å². The van der Waals surface area contributed by atoms with Crippen LogP contribution in [-0.4, -0.2) is 25.6 Å². The Morgan fingerprint density at radius 1 is 1.53 bits per heavy atom. The fraction of sp³-hybridized carbons (Fsp3) is 0.167. The lowest BCUT2D eigenvalue weighted by Gasteiger charge is -2.10. The predicted molar refractivity (Wildman–Crippen MR) is 66.6 cm³/mol. The molecule has 0 radical (unpaired) electrons. The number of carboxylic acids is 1. The summed E-state index contributed by atoms with van der Waals surface area (Å²) in [6.45, 7) is 1.84. The van der Waals surface area contributed by atoms with E-state index in [4.69, 9.17) is 0 Å². The minimum Gasteiger partial charge on any atom is -0.478 e. The van der Waals surface area contributed by atoms with Crippen LogP contribution in [0.4, 0.5) is 5.69 Å². The first-order valence-electron chi connectivity index (χ1n) is 5.59. The van der Waals surface area contributed by atoms with Crippen LogP contribution in [0.1, 0.15) is 23.1 Å². The average molecular weight is 261 g/mol. The number of hydrogen-bond donors (Lipinski definition) is 1. The van der Waals surface area contributed by atoms with Crippen LogP contribution in [0.25, 0.3) is 5.69 Å². The summed E-state index contributed by atoms with van der Waals surface area (Å²) >= 11 is 0. The summed E-state index contributed by atoms with van der Waals surface area (Å²) in [4.78, 5) is 25.8. The topological polar surface area (TPSA) is 98.3 Å². The second-order valence-corrected chi connectivity index (χ2v) is 3.80. The molecule has 19 heavy (non-hydrogen) atoms. The number of imidazole rings is 1. The average Bonchev–Trinajstić information content (AvgIpc) is 2.85. The van der Waals surface area contributed by atoms with Crippen LogP contribution in [0.2, 0.25) is 0 Å². The minimum atomic E-state index is -1.21. The molecule has 7 nitrogen and oxygen atoms in total. The summed E-state index contributed by atoms with van der Waals surface area (Å²) in [6.07, 6.45) is 3.55. The van der Waals surface area contributed by atoms with Crippen molar-refractivity contribution in [3.05, 3.63) is 52.1 Å². The zero-order valence-corrected chi connectivity index (χ0v) is 10.1. The van der Waals surface area contributed by atoms with Gasteiger partial charge in [0.2, 0.25) is 0 Å². The molecule has 0 saturated carbocycles. The van der Waals surface area contributed by atoms with Gasteiger partial charge in [-0.15, -0.1) is 0 Å². The molecule has 0 atom stereocenters. The highest BCUT2D eigenvalue weighted by Gasteiger charge is 2.24. The van der Waals surface area contributed by atoms with E-state index in [9.17, 15) is 20.0 Å². The van der Waals surface area contributed by atoms with Crippen LogP contribution in [0.15, 0.2) is 30.6 Å². The number of rotatable bonds is 4. The Morgan fingerprint density at radius 2 is 2.26 bits per heavy atom. The molecule has 2 rings (SSSR count). The highest BCUT2D eigenvalue weighted by atomic mass is 16.6. The van der Waals surface area contributed by atoms with Crippen LogP contribution in [0.5, 0.6) is 0 Å². The standard InChI is InChI=1S/C12H11N3O4/c1-2-10-13-6-7-14(10)11-8(12(16)17)4-3-5-9(11)15(18)19/h3-7H,2H2,1H3,(H,16,17). The van der Waals surface area contributed by atoms with E-state index in [0.29, 0.717) is 12.2 Å². The van der Waals surface area contributed by atoms with Crippen molar-refractivity contribution in [2.45, 2.75) is 13.3 Å². The molecule has 7 heteroatoms. The summed E-state index contributed by atoms with van der Waals surface area (Å²) < 4.78 is 1.45. The van der Waals surface area contributed by atoms with Crippen LogP contribution in [0.3, 0.4) is 0 Å². The summed E-state index contributed by atoms with van der Waals surface area (Å²) in [6, 6.07) is 3.97. The SMILES string of the molecule is CCc1nccn1-c1c(C(=O)O)cccc1[N+](=O)[O-]. The maximum atomic E-state index is 11.2. The third kappa shape index (κ3) is 2.17. The number of para-hydroxylation sites is 1. The molecule has 2 aromatic rings. The van der Waals surface area contributed by atoms with Gasteiger partial charge in [-0.05, 0) is 6.07 Å². The third-order valence-electron chi connectivity index (χ3n) is 2.72. The molecule has 1 heterocycles. The quantitative estimate of drug-likeness (QED) is 0.670. The fourth-order valence-electron chi connectivity index (χ4n) is 1.90. The molecule has 1 aromatic carbocycles. The van der Waals surface area contributed by atoms with Gasteiger partial charge in [0, 0.05) is 24.9 Å². The van der Waals surface area contributed by atoms with E-state index in [2.05, 4.69) is 4.98 Å². The van der Waals surface area contributed by atoms with E-state index in [1.165, 1.54) is 35.2 Å². The maximum Gasteiger partial charge on any atom is 0.338 e. The van der Waals surface area contributed by atoms with Crippen molar-refractivity contribution in [1.29, 1.82) is 0 Å². The molecule has 0 aliphatic heterocycles. The number of aryl methyl sites for hydroxylation is 1. The van der Waals surface area contributed by atoms with Crippen molar-refractivity contribution in [3.8, 4) is 5.69 Å². The molecular formula is C12H11N3O4. The Morgan fingerprint density at radius 3 is 2.84 bits per heavy atom. The van der Waals surface area contributed by atoms with Crippen molar-refractivity contribution < 1.29 is 14.8 Å². The zero-order chi connectivity index (χ0) is 14.0. The molecule has 0 bridgehead atoms. The smallest absolute Gasteiger partial charge is 0.338 e. The first kappa shape index (κ1) is 12.7. The first-order valence-corrected chi connectivity index (χ1v) is 5.59. The summed E-state index contributed by atoms with van der Waals surface area (Å²) in [7, 11) is 0. The Balaban J connectivity index is 2.79. The molecule has 0 fully saturated rings. The van der Waals surface area contributed by atoms with Crippen molar-refractivity contribution in [1.82, 2.24) is 9.55 Å². The Bertz CT molecular complexity index is 616. The van der Waals surface area contributed by atoms with Crippen molar-refractivity contribution in [2.75, 3.05) is 0 Å². The molecular weight excluding hydrogens is 250 g/mol. The number of carboxylic acid groups (broad SMARTS) is 1. The number of nitrogens with zero attached hydrogens (tertiary/aromatic N) is 3. The molecule has 0 spiro atoms. The molecule has 0 saturated heterocycles. The van der Waals surface area contributed by atoms with Crippen molar-refractivity contribution in [3.63, 3.8) is 0 Å². The second-order valence-electron chi connectivity index (χ2n) is 3.80. The molecule has 0 amide bonds. The van der Waals surface area contributed by atoms with Crippen molar-refractivity contribution >= 4 is 11.7 Å². The monoisotopic (exact) mass is 261 g/mol. The highest BCUT2D eigenvalue weighted by Crippen LogP contribution is 2.27. The highest BCUT2D eigenvalue weighted by molar-refractivity contribution is 5.94. The number of nitro benzene ring substituents is 1. The van der Waals surface area contributed by atoms with E-state index in [-0.39, 0.29) is 16.9 Å². The predicted octanol–water partition coefficient (Wildman–Crippen LogP) is 2.04. The largest absolute Gasteiger partial charge is 0.478 e. The number of aromatic carboxylic acids is 1. The Hall–Kier alpha value is -2.70. The van der Waals surface area contributed by atoms with Crippen LogP contribution >= 0.6 is 0 Å². The van der Waals surface area contributed by atoms with E-state index < -0.39 is 10.9 Å². The normalized spacial score (nSPS) is 10.4. The summed E-state index contributed by atoms with van der Waals surface area (Å²) in [5.74, 6) is -0.647. The van der Waals surface area contributed by atoms with Gasteiger partial charge in [0.1, 0.15) is 11.5 Å².